The fraction of sp³-hybridized carbons (Fsp3) is 0.182. The lowest BCUT2D eigenvalue weighted by Crippen LogP contribution is -1.90. The number of aliphatic hydroxyl groups excluding tert-OH is 1. The SMILES string of the molecule is COc1ccc(C=CCO)cc1C=O. The summed E-state index contributed by atoms with van der Waals surface area (Å²) in [5, 5.41) is 8.57. The average Bonchev–Trinajstić information content (AvgIpc) is 2.25. The highest BCUT2D eigenvalue weighted by Crippen LogP contribution is 2.18. The first-order chi connectivity index (χ1) is 6.81. The highest BCUT2D eigenvalue weighted by Gasteiger charge is 2.00. The summed E-state index contributed by atoms with van der Waals surface area (Å²) in [6.07, 6.45) is 4.10. The minimum Gasteiger partial charge on any atom is -0.496 e. The van der Waals surface area contributed by atoms with Crippen LogP contribution in [0.5, 0.6) is 5.75 Å². The minimum atomic E-state index is -0.0115. The molecule has 14 heavy (non-hydrogen) atoms. The van der Waals surface area contributed by atoms with Crippen molar-refractivity contribution in [1.82, 2.24) is 0 Å². The van der Waals surface area contributed by atoms with Gasteiger partial charge in [-0.15, -0.1) is 0 Å². The van der Waals surface area contributed by atoms with Gasteiger partial charge in [-0.3, -0.25) is 4.79 Å². The van der Waals surface area contributed by atoms with Crippen LogP contribution in [0.25, 0.3) is 6.08 Å². The van der Waals surface area contributed by atoms with Crippen LogP contribution in [0.15, 0.2) is 24.3 Å². The standard InChI is InChI=1S/C11H12O3/c1-14-11-5-4-9(3-2-6-12)7-10(11)8-13/h2-5,7-8,12H,6H2,1H3. The van der Waals surface area contributed by atoms with E-state index in [0.717, 1.165) is 11.8 Å². The molecule has 1 rings (SSSR count). The van der Waals surface area contributed by atoms with Crippen LogP contribution in [0.4, 0.5) is 0 Å². The molecule has 3 heteroatoms. The number of carbonyl (C=O) groups is 1. The second kappa shape index (κ2) is 5.19. The van der Waals surface area contributed by atoms with E-state index in [9.17, 15) is 4.79 Å². The van der Waals surface area contributed by atoms with Crippen LogP contribution >= 0.6 is 0 Å². The summed E-state index contributed by atoms with van der Waals surface area (Å²) in [5.41, 5.74) is 1.37. The zero-order valence-corrected chi connectivity index (χ0v) is 7.93. The predicted octanol–water partition coefficient (Wildman–Crippen LogP) is 1.51. The summed E-state index contributed by atoms with van der Waals surface area (Å²) in [5.74, 6) is 0.557. The molecule has 0 amide bonds. The monoisotopic (exact) mass is 192 g/mol. The maximum absolute atomic E-state index is 10.7. The van der Waals surface area contributed by atoms with E-state index in [0.29, 0.717) is 11.3 Å². The van der Waals surface area contributed by atoms with Crippen molar-refractivity contribution in [3.8, 4) is 5.75 Å². The van der Waals surface area contributed by atoms with Gasteiger partial charge in [-0.05, 0) is 17.7 Å². The number of carbonyl (C=O) groups excluding carboxylic acids is 1. The molecule has 0 fully saturated rings. The number of benzene rings is 1. The van der Waals surface area contributed by atoms with E-state index in [4.69, 9.17) is 9.84 Å². The van der Waals surface area contributed by atoms with Crippen LogP contribution in [0.2, 0.25) is 0 Å². The maximum Gasteiger partial charge on any atom is 0.153 e. The molecule has 1 aromatic rings. The van der Waals surface area contributed by atoms with Crippen LogP contribution in [-0.4, -0.2) is 25.1 Å². The number of hydrogen-bond acceptors (Lipinski definition) is 3. The molecule has 74 valence electrons. The third-order valence-corrected chi connectivity index (χ3v) is 1.80. The van der Waals surface area contributed by atoms with E-state index in [1.807, 2.05) is 6.07 Å². The molecule has 3 nitrogen and oxygen atoms in total. The predicted molar refractivity (Wildman–Crippen MR) is 54.5 cm³/mol. The summed E-state index contributed by atoms with van der Waals surface area (Å²) < 4.78 is 4.99. The smallest absolute Gasteiger partial charge is 0.153 e. The van der Waals surface area contributed by atoms with Crippen molar-refractivity contribution < 1.29 is 14.6 Å². The first kappa shape index (κ1) is 10.5. The second-order valence-corrected chi connectivity index (χ2v) is 2.70. The van der Waals surface area contributed by atoms with Crippen molar-refractivity contribution in [1.29, 1.82) is 0 Å². The largest absolute Gasteiger partial charge is 0.496 e. The van der Waals surface area contributed by atoms with Gasteiger partial charge in [-0.25, -0.2) is 0 Å². The topological polar surface area (TPSA) is 46.5 Å². The Morgan fingerprint density at radius 1 is 1.50 bits per heavy atom. The van der Waals surface area contributed by atoms with Gasteiger partial charge in [0.1, 0.15) is 5.75 Å². The lowest BCUT2D eigenvalue weighted by molar-refractivity contribution is 0.112. The van der Waals surface area contributed by atoms with Crippen molar-refractivity contribution >= 4 is 12.4 Å². The molecule has 1 N–H and O–H groups in total. The number of hydrogen-bond donors (Lipinski definition) is 1. The molecular weight excluding hydrogens is 180 g/mol. The van der Waals surface area contributed by atoms with Gasteiger partial charge in [-0.2, -0.15) is 0 Å². The number of ether oxygens (including phenoxy) is 1. The van der Waals surface area contributed by atoms with E-state index in [2.05, 4.69) is 0 Å². The van der Waals surface area contributed by atoms with Crippen molar-refractivity contribution in [3.05, 3.63) is 35.4 Å². The number of methoxy groups -OCH3 is 1. The molecule has 0 aliphatic carbocycles. The van der Waals surface area contributed by atoms with E-state index in [1.54, 1.807) is 24.3 Å². The molecule has 0 saturated carbocycles. The highest BCUT2D eigenvalue weighted by molar-refractivity contribution is 5.80. The lowest BCUT2D eigenvalue weighted by atomic mass is 10.1. The first-order valence-electron chi connectivity index (χ1n) is 4.22. The number of aldehydes is 1. The quantitative estimate of drug-likeness (QED) is 0.735. The molecule has 1 aromatic carbocycles. The Hall–Kier alpha value is -1.61. The van der Waals surface area contributed by atoms with Crippen molar-refractivity contribution in [2.75, 3.05) is 13.7 Å². The molecule has 0 heterocycles. The van der Waals surface area contributed by atoms with Crippen LogP contribution in [0, 0.1) is 0 Å². The van der Waals surface area contributed by atoms with Gasteiger partial charge in [0.25, 0.3) is 0 Å². The summed E-state index contributed by atoms with van der Waals surface area (Å²) in [4.78, 5) is 10.7. The van der Waals surface area contributed by atoms with Gasteiger partial charge in [0.15, 0.2) is 6.29 Å². The summed E-state index contributed by atoms with van der Waals surface area (Å²) in [6.45, 7) is -0.0115. The van der Waals surface area contributed by atoms with E-state index >= 15 is 0 Å². The molecule has 0 atom stereocenters. The highest BCUT2D eigenvalue weighted by atomic mass is 16.5. The van der Waals surface area contributed by atoms with E-state index in [-0.39, 0.29) is 6.61 Å². The van der Waals surface area contributed by atoms with Gasteiger partial charge in [0.05, 0.1) is 19.3 Å². The summed E-state index contributed by atoms with van der Waals surface area (Å²) in [6, 6.07) is 5.25. The average molecular weight is 192 g/mol. The zero-order valence-electron chi connectivity index (χ0n) is 7.93. The van der Waals surface area contributed by atoms with Gasteiger partial charge < -0.3 is 9.84 Å². The molecule has 0 unspecified atom stereocenters. The Morgan fingerprint density at radius 2 is 2.29 bits per heavy atom. The van der Waals surface area contributed by atoms with Crippen molar-refractivity contribution in [2.45, 2.75) is 0 Å². The maximum atomic E-state index is 10.7. The van der Waals surface area contributed by atoms with Crippen molar-refractivity contribution in [2.24, 2.45) is 0 Å². The Balaban J connectivity index is 3.01. The third-order valence-electron chi connectivity index (χ3n) is 1.80. The Morgan fingerprint density at radius 3 is 2.86 bits per heavy atom. The molecule has 0 saturated heterocycles. The van der Waals surface area contributed by atoms with E-state index in [1.165, 1.54) is 7.11 Å². The molecule has 0 aromatic heterocycles. The minimum absolute atomic E-state index is 0.0115. The van der Waals surface area contributed by atoms with Crippen molar-refractivity contribution in [3.63, 3.8) is 0 Å². The third kappa shape index (κ3) is 2.44. The van der Waals surface area contributed by atoms with Gasteiger partial charge >= 0.3 is 0 Å². The second-order valence-electron chi connectivity index (χ2n) is 2.70. The lowest BCUT2D eigenvalue weighted by Gasteiger charge is -2.03. The van der Waals surface area contributed by atoms with Crippen LogP contribution in [0.1, 0.15) is 15.9 Å². The Labute approximate surface area is 82.6 Å². The van der Waals surface area contributed by atoms with Crippen LogP contribution < -0.4 is 4.74 Å². The zero-order chi connectivity index (χ0) is 10.4. The Bertz CT molecular complexity index is 342. The normalized spacial score (nSPS) is 10.4. The van der Waals surface area contributed by atoms with Crippen LogP contribution in [0.3, 0.4) is 0 Å². The molecule has 0 bridgehead atoms. The summed E-state index contributed by atoms with van der Waals surface area (Å²) >= 11 is 0. The van der Waals surface area contributed by atoms with Gasteiger partial charge in [-0.1, -0.05) is 18.2 Å². The molecule has 0 aliphatic rings. The van der Waals surface area contributed by atoms with Gasteiger partial charge in [0.2, 0.25) is 0 Å². The fourth-order valence-corrected chi connectivity index (χ4v) is 1.14. The molecule has 0 spiro atoms. The van der Waals surface area contributed by atoms with Crippen LogP contribution in [-0.2, 0) is 0 Å². The first-order valence-corrected chi connectivity index (χ1v) is 4.22. The summed E-state index contributed by atoms with van der Waals surface area (Å²) in [7, 11) is 1.52. The fourth-order valence-electron chi connectivity index (χ4n) is 1.14. The van der Waals surface area contributed by atoms with Gasteiger partial charge in [0, 0.05) is 0 Å². The number of aliphatic hydroxyl groups is 1. The molecular formula is C11H12O3. The molecule has 0 radical (unpaired) electrons. The Kier molecular flexibility index (Phi) is 3.88. The molecule has 0 aliphatic heterocycles. The number of rotatable bonds is 4. The van der Waals surface area contributed by atoms with E-state index < -0.39 is 0 Å².